The number of para-hydroxylation sites is 1. The average Bonchev–Trinajstić information content (AvgIpc) is 3.10. The molecule has 0 aliphatic heterocycles. The van der Waals surface area contributed by atoms with Gasteiger partial charge >= 0.3 is 0 Å². The van der Waals surface area contributed by atoms with E-state index in [1.165, 1.54) is 0 Å². The van der Waals surface area contributed by atoms with Crippen LogP contribution in [0.25, 0.3) is 11.4 Å². The van der Waals surface area contributed by atoms with Crippen LogP contribution in [0.1, 0.15) is 31.7 Å². The van der Waals surface area contributed by atoms with Crippen LogP contribution in [0, 0.1) is 5.92 Å². The normalized spacial score (nSPS) is 21.3. The molecule has 0 unspecified atom stereocenters. The van der Waals surface area contributed by atoms with Crippen LogP contribution in [0.4, 0.5) is 0 Å². The van der Waals surface area contributed by atoms with Crippen molar-refractivity contribution in [3.05, 3.63) is 36.7 Å². The number of aliphatic hydroxyl groups is 2. The number of nitrogens with zero attached hydrogens (tertiary/aromatic N) is 2. The van der Waals surface area contributed by atoms with Crippen LogP contribution in [0.5, 0.6) is 5.75 Å². The summed E-state index contributed by atoms with van der Waals surface area (Å²) >= 11 is 0. The minimum Gasteiger partial charge on any atom is -0.490 e. The molecule has 1 aromatic heterocycles. The summed E-state index contributed by atoms with van der Waals surface area (Å²) < 4.78 is 7.86. The van der Waals surface area contributed by atoms with Crippen molar-refractivity contribution < 1.29 is 14.9 Å². The van der Waals surface area contributed by atoms with Gasteiger partial charge in [0.1, 0.15) is 18.2 Å². The summed E-state index contributed by atoms with van der Waals surface area (Å²) in [4.78, 5) is 4.54. The smallest absolute Gasteiger partial charge is 0.143 e. The summed E-state index contributed by atoms with van der Waals surface area (Å²) in [5.41, 5.74) is 0.942. The molecule has 0 saturated heterocycles. The van der Waals surface area contributed by atoms with Gasteiger partial charge in [-0.1, -0.05) is 18.6 Å². The highest BCUT2D eigenvalue weighted by atomic mass is 16.5. The summed E-state index contributed by atoms with van der Waals surface area (Å²) in [5.74, 6) is 2.01. The zero-order valence-corrected chi connectivity index (χ0v) is 13.3. The quantitative estimate of drug-likeness (QED) is 0.860. The molecule has 2 aromatic rings. The largest absolute Gasteiger partial charge is 0.490 e. The maximum atomic E-state index is 9.47. The van der Waals surface area contributed by atoms with Gasteiger partial charge in [-0.05, 0) is 37.3 Å². The molecule has 3 rings (SSSR count). The number of hydrogen-bond acceptors (Lipinski definition) is 4. The summed E-state index contributed by atoms with van der Waals surface area (Å²) in [5, 5.41) is 18.5. The zero-order valence-electron chi connectivity index (χ0n) is 13.3. The van der Waals surface area contributed by atoms with Gasteiger partial charge in [0.15, 0.2) is 0 Å². The van der Waals surface area contributed by atoms with Crippen LogP contribution >= 0.6 is 0 Å². The maximum absolute atomic E-state index is 9.47. The van der Waals surface area contributed by atoms with Crippen LogP contribution in [-0.2, 0) is 0 Å². The van der Waals surface area contributed by atoms with Gasteiger partial charge < -0.3 is 19.5 Å². The second-order valence-electron chi connectivity index (χ2n) is 6.10. The van der Waals surface area contributed by atoms with Crippen LogP contribution in [-0.4, -0.2) is 39.6 Å². The van der Waals surface area contributed by atoms with Crippen molar-refractivity contribution in [1.29, 1.82) is 0 Å². The first kappa shape index (κ1) is 16.0. The van der Waals surface area contributed by atoms with E-state index in [4.69, 9.17) is 9.84 Å². The molecule has 0 amide bonds. The van der Waals surface area contributed by atoms with E-state index in [-0.39, 0.29) is 19.8 Å². The van der Waals surface area contributed by atoms with Crippen molar-refractivity contribution in [2.75, 3.05) is 19.8 Å². The van der Waals surface area contributed by atoms with Gasteiger partial charge in [-0.25, -0.2) is 4.98 Å². The predicted molar refractivity (Wildman–Crippen MR) is 88.3 cm³/mol. The van der Waals surface area contributed by atoms with Gasteiger partial charge in [-0.3, -0.25) is 0 Å². The van der Waals surface area contributed by atoms with Gasteiger partial charge in [0.05, 0.1) is 12.2 Å². The second-order valence-corrected chi connectivity index (χ2v) is 6.10. The third-order valence-electron chi connectivity index (χ3n) is 4.55. The van der Waals surface area contributed by atoms with Gasteiger partial charge in [0.2, 0.25) is 0 Å². The summed E-state index contributed by atoms with van der Waals surface area (Å²) in [6, 6.07) is 8.16. The Labute approximate surface area is 136 Å². The van der Waals surface area contributed by atoms with E-state index in [9.17, 15) is 5.11 Å². The topological polar surface area (TPSA) is 67.5 Å². The highest BCUT2D eigenvalue weighted by Gasteiger charge is 2.25. The minimum atomic E-state index is -0.0103. The fourth-order valence-electron chi connectivity index (χ4n) is 3.43. The lowest BCUT2D eigenvalue weighted by Crippen LogP contribution is -2.21. The lowest BCUT2D eigenvalue weighted by molar-refractivity contribution is 0.163. The molecule has 2 N–H and O–H groups in total. The molecular formula is C18H24N2O3. The Morgan fingerprint density at radius 3 is 2.91 bits per heavy atom. The molecule has 1 fully saturated rings. The maximum Gasteiger partial charge on any atom is 0.143 e. The Morgan fingerprint density at radius 2 is 2.09 bits per heavy atom. The molecule has 5 nitrogen and oxygen atoms in total. The molecule has 2 atom stereocenters. The number of benzene rings is 1. The van der Waals surface area contributed by atoms with Crippen LogP contribution in [0.15, 0.2) is 36.7 Å². The van der Waals surface area contributed by atoms with Gasteiger partial charge in [0.25, 0.3) is 0 Å². The zero-order chi connectivity index (χ0) is 16.1. The van der Waals surface area contributed by atoms with E-state index in [0.717, 1.165) is 42.8 Å². The minimum absolute atomic E-state index is 0.0103. The van der Waals surface area contributed by atoms with E-state index in [1.54, 1.807) is 0 Å². The number of rotatable bonds is 6. The average molecular weight is 316 g/mol. The van der Waals surface area contributed by atoms with E-state index in [1.807, 2.05) is 36.7 Å². The SMILES string of the molecule is OCCOc1ccccc1-c1nccn1[C@@H]1CCC[C@H](CO)C1. The number of aliphatic hydroxyl groups excluding tert-OH is 2. The molecule has 1 heterocycles. The Bertz CT molecular complexity index is 626. The second kappa shape index (κ2) is 7.62. The van der Waals surface area contributed by atoms with Gasteiger partial charge in [0, 0.05) is 25.0 Å². The molecular weight excluding hydrogens is 292 g/mol. The van der Waals surface area contributed by atoms with Gasteiger partial charge in [-0.15, -0.1) is 0 Å². The van der Waals surface area contributed by atoms with E-state index in [2.05, 4.69) is 9.55 Å². The number of imidazole rings is 1. The monoisotopic (exact) mass is 316 g/mol. The lowest BCUT2D eigenvalue weighted by atomic mass is 9.86. The molecule has 1 aliphatic carbocycles. The molecule has 5 heteroatoms. The first-order valence-electron chi connectivity index (χ1n) is 8.30. The predicted octanol–water partition coefficient (Wildman–Crippen LogP) is 2.64. The van der Waals surface area contributed by atoms with Crippen molar-refractivity contribution in [1.82, 2.24) is 9.55 Å². The third kappa shape index (κ3) is 3.57. The fourth-order valence-corrected chi connectivity index (χ4v) is 3.43. The standard InChI is InChI=1S/C18H24N2O3/c21-10-11-23-17-7-2-1-6-16(17)18-19-8-9-20(18)15-5-3-4-14(12-15)13-22/h1-2,6-9,14-15,21-22H,3-5,10-13H2/t14-,15+/m0/s1. The third-order valence-corrected chi connectivity index (χ3v) is 4.55. The highest BCUT2D eigenvalue weighted by molar-refractivity contribution is 5.64. The number of hydrogen-bond donors (Lipinski definition) is 2. The molecule has 0 spiro atoms. The molecule has 1 aromatic carbocycles. The van der Waals surface area contributed by atoms with Crippen molar-refractivity contribution >= 4 is 0 Å². The van der Waals surface area contributed by atoms with E-state index < -0.39 is 0 Å². The summed E-state index contributed by atoms with van der Waals surface area (Å²) in [6.07, 6.45) is 8.17. The molecule has 0 bridgehead atoms. The van der Waals surface area contributed by atoms with Crippen LogP contribution in [0.2, 0.25) is 0 Å². The molecule has 1 saturated carbocycles. The van der Waals surface area contributed by atoms with Crippen molar-refractivity contribution in [3.63, 3.8) is 0 Å². The molecule has 0 radical (unpaired) electrons. The first-order valence-corrected chi connectivity index (χ1v) is 8.30. The number of aromatic nitrogens is 2. The fraction of sp³-hybridized carbons (Fsp3) is 0.500. The van der Waals surface area contributed by atoms with Crippen molar-refractivity contribution in [2.45, 2.75) is 31.7 Å². The van der Waals surface area contributed by atoms with Crippen molar-refractivity contribution in [2.24, 2.45) is 5.92 Å². The van der Waals surface area contributed by atoms with E-state index in [0.29, 0.717) is 12.0 Å². The van der Waals surface area contributed by atoms with E-state index >= 15 is 0 Å². The Morgan fingerprint density at radius 1 is 1.22 bits per heavy atom. The Balaban J connectivity index is 1.89. The number of ether oxygens (including phenoxy) is 1. The lowest BCUT2D eigenvalue weighted by Gasteiger charge is -2.30. The van der Waals surface area contributed by atoms with Gasteiger partial charge in [-0.2, -0.15) is 0 Å². The molecule has 23 heavy (non-hydrogen) atoms. The molecule has 1 aliphatic rings. The van der Waals surface area contributed by atoms with Crippen molar-refractivity contribution in [3.8, 4) is 17.1 Å². The van der Waals surface area contributed by atoms with Crippen LogP contribution < -0.4 is 4.74 Å². The highest BCUT2D eigenvalue weighted by Crippen LogP contribution is 2.37. The van der Waals surface area contributed by atoms with Crippen LogP contribution in [0.3, 0.4) is 0 Å². The molecule has 124 valence electrons. The summed E-state index contributed by atoms with van der Waals surface area (Å²) in [7, 11) is 0. The summed E-state index contributed by atoms with van der Waals surface area (Å²) in [6.45, 7) is 0.522. The first-order chi connectivity index (χ1) is 11.3. The Hall–Kier alpha value is -1.85. The Kier molecular flexibility index (Phi) is 5.31.